The SMILES string of the molecule is COc1ccc(C(=O)CN(C)CC(C)(C)C)cc1Br. The van der Waals surface area contributed by atoms with Crippen molar-refractivity contribution in [2.24, 2.45) is 5.41 Å². The Bertz CT molecular complexity index is 452. The van der Waals surface area contributed by atoms with E-state index in [1.807, 2.05) is 13.1 Å². The van der Waals surface area contributed by atoms with E-state index in [0.29, 0.717) is 12.1 Å². The van der Waals surface area contributed by atoms with Crippen molar-refractivity contribution >= 4 is 21.7 Å². The maximum absolute atomic E-state index is 12.2. The second-order valence-corrected chi connectivity index (χ2v) is 6.86. The number of hydrogen-bond acceptors (Lipinski definition) is 3. The first kappa shape index (κ1) is 16.2. The van der Waals surface area contributed by atoms with Crippen molar-refractivity contribution in [3.05, 3.63) is 28.2 Å². The fourth-order valence-corrected chi connectivity index (χ4v) is 2.58. The van der Waals surface area contributed by atoms with E-state index in [2.05, 4.69) is 41.6 Å². The Hall–Kier alpha value is -0.870. The van der Waals surface area contributed by atoms with Gasteiger partial charge in [0, 0.05) is 12.1 Å². The molecule has 0 aliphatic heterocycles. The van der Waals surface area contributed by atoms with Crippen LogP contribution < -0.4 is 4.74 Å². The van der Waals surface area contributed by atoms with Crippen molar-refractivity contribution < 1.29 is 9.53 Å². The zero-order valence-electron chi connectivity index (χ0n) is 12.3. The fraction of sp³-hybridized carbons (Fsp3) is 0.533. The highest BCUT2D eigenvalue weighted by Crippen LogP contribution is 2.25. The highest BCUT2D eigenvalue weighted by molar-refractivity contribution is 9.10. The molecular weight excluding hydrogens is 306 g/mol. The molecule has 0 unspecified atom stereocenters. The number of rotatable bonds is 5. The summed E-state index contributed by atoms with van der Waals surface area (Å²) >= 11 is 3.40. The molecule has 0 aliphatic carbocycles. The van der Waals surface area contributed by atoms with E-state index in [0.717, 1.165) is 16.8 Å². The first-order chi connectivity index (χ1) is 8.73. The lowest BCUT2D eigenvalue weighted by Gasteiger charge is -2.25. The number of Topliss-reactive ketones (excluding diaryl/α,β-unsaturated/α-hetero) is 1. The molecule has 0 aliphatic rings. The van der Waals surface area contributed by atoms with E-state index < -0.39 is 0 Å². The first-order valence-corrected chi connectivity index (χ1v) is 7.07. The maximum Gasteiger partial charge on any atom is 0.176 e. The summed E-state index contributed by atoms with van der Waals surface area (Å²) in [5.74, 6) is 0.856. The van der Waals surface area contributed by atoms with E-state index >= 15 is 0 Å². The van der Waals surface area contributed by atoms with Crippen molar-refractivity contribution in [3.63, 3.8) is 0 Å². The lowest BCUT2D eigenvalue weighted by molar-refractivity contribution is 0.0927. The summed E-state index contributed by atoms with van der Waals surface area (Å²) in [4.78, 5) is 14.2. The predicted octanol–water partition coefficient (Wildman–Crippen LogP) is 3.62. The Morgan fingerprint density at radius 3 is 2.47 bits per heavy atom. The number of halogens is 1. The summed E-state index contributed by atoms with van der Waals surface area (Å²) in [5.41, 5.74) is 0.892. The molecule has 0 atom stereocenters. The molecule has 106 valence electrons. The van der Waals surface area contributed by atoms with Gasteiger partial charge in [0.2, 0.25) is 0 Å². The number of ether oxygens (including phenoxy) is 1. The van der Waals surface area contributed by atoms with Gasteiger partial charge in [0.1, 0.15) is 5.75 Å². The Labute approximate surface area is 124 Å². The molecule has 0 radical (unpaired) electrons. The van der Waals surface area contributed by atoms with Crippen LogP contribution in [0.2, 0.25) is 0 Å². The van der Waals surface area contributed by atoms with Crippen LogP contribution in [-0.4, -0.2) is 37.9 Å². The van der Waals surface area contributed by atoms with Crippen LogP contribution in [0.5, 0.6) is 5.75 Å². The van der Waals surface area contributed by atoms with E-state index in [4.69, 9.17) is 4.74 Å². The van der Waals surface area contributed by atoms with E-state index in [9.17, 15) is 4.79 Å². The molecule has 4 heteroatoms. The Morgan fingerprint density at radius 2 is 2.00 bits per heavy atom. The van der Waals surface area contributed by atoms with Gasteiger partial charge >= 0.3 is 0 Å². The molecule has 0 N–H and O–H groups in total. The lowest BCUT2D eigenvalue weighted by Crippen LogP contribution is -2.33. The van der Waals surface area contributed by atoms with E-state index in [-0.39, 0.29) is 11.2 Å². The number of nitrogens with zero attached hydrogens (tertiary/aromatic N) is 1. The topological polar surface area (TPSA) is 29.5 Å². The van der Waals surface area contributed by atoms with Crippen LogP contribution >= 0.6 is 15.9 Å². The maximum atomic E-state index is 12.2. The van der Waals surface area contributed by atoms with Crippen LogP contribution in [0.3, 0.4) is 0 Å². The molecule has 0 fully saturated rings. The minimum atomic E-state index is 0.120. The summed E-state index contributed by atoms with van der Waals surface area (Å²) in [5, 5.41) is 0. The summed E-state index contributed by atoms with van der Waals surface area (Å²) < 4.78 is 5.96. The molecule has 3 nitrogen and oxygen atoms in total. The summed E-state index contributed by atoms with van der Waals surface area (Å²) in [6.45, 7) is 7.81. The van der Waals surface area contributed by atoms with Crippen molar-refractivity contribution in [2.45, 2.75) is 20.8 Å². The van der Waals surface area contributed by atoms with E-state index in [1.165, 1.54) is 0 Å². The third kappa shape index (κ3) is 5.33. The predicted molar refractivity (Wildman–Crippen MR) is 82.0 cm³/mol. The highest BCUT2D eigenvalue weighted by Gasteiger charge is 2.17. The van der Waals surface area contributed by atoms with E-state index in [1.54, 1.807) is 19.2 Å². The molecule has 0 heterocycles. The second-order valence-electron chi connectivity index (χ2n) is 6.01. The van der Waals surface area contributed by atoms with Gasteiger partial charge < -0.3 is 4.74 Å². The monoisotopic (exact) mass is 327 g/mol. The molecule has 1 aromatic rings. The van der Waals surface area contributed by atoms with Crippen LogP contribution in [0.15, 0.2) is 22.7 Å². The summed E-state index contributed by atoms with van der Waals surface area (Å²) in [7, 11) is 3.58. The van der Waals surface area contributed by atoms with Gasteiger partial charge in [-0.1, -0.05) is 20.8 Å². The number of carbonyl (C=O) groups is 1. The molecule has 0 spiro atoms. The molecule has 0 bridgehead atoms. The zero-order chi connectivity index (χ0) is 14.6. The second kappa shape index (κ2) is 6.53. The van der Waals surface area contributed by atoms with Gasteiger partial charge in [-0.2, -0.15) is 0 Å². The number of methoxy groups -OCH3 is 1. The molecule has 1 aromatic carbocycles. The zero-order valence-corrected chi connectivity index (χ0v) is 13.9. The molecule has 0 amide bonds. The number of carbonyl (C=O) groups excluding carboxylic acids is 1. The fourth-order valence-electron chi connectivity index (χ4n) is 2.04. The highest BCUT2D eigenvalue weighted by atomic mass is 79.9. The first-order valence-electron chi connectivity index (χ1n) is 6.28. The molecule has 0 saturated heterocycles. The van der Waals surface area contributed by atoms with Crippen LogP contribution in [0, 0.1) is 5.41 Å². The number of likely N-dealkylation sites (N-methyl/N-ethyl adjacent to an activating group) is 1. The largest absolute Gasteiger partial charge is 0.496 e. The van der Waals surface area contributed by atoms with Crippen LogP contribution in [0.1, 0.15) is 31.1 Å². The molecule has 1 rings (SSSR count). The molecule has 0 aromatic heterocycles. The third-order valence-corrected chi connectivity index (χ3v) is 3.25. The minimum absolute atomic E-state index is 0.120. The van der Waals surface area contributed by atoms with Gasteiger partial charge in [-0.15, -0.1) is 0 Å². The van der Waals surface area contributed by atoms with Gasteiger partial charge in [0.05, 0.1) is 18.1 Å². The van der Waals surface area contributed by atoms with Gasteiger partial charge in [0.25, 0.3) is 0 Å². The third-order valence-electron chi connectivity index (χ3n) is 2.63. The summed E-state index contributed by atoms with van der Waals surface area (Å²) in [6, 6.07) is 5.42. The van der Waals surface area contributed by atoms with Gasteiger partial charge in [-0.05, 0) is 46.6 Å². The van der Waals surface area contributed by atoms with Crippen LogP contribution in [-0.2, 0) is 0 Å². The van der Waals surface area contributed by atoms with Gasteiger partial charge in [-0.25, -0.2) is 0 Å². The van der Waals surface area contributed by atoms with Gasteiger partial charge in [0.15, 0.2) is 5.78 Å². The quantitative estimate of drug-likeness (QED) is 0.773. The normalized spacial score (nSPS) is 11.7. The van der Waals surface area contributed by atoms with Crippen LogP contribution in [0.25, 0.3) is 0 Å². The number of hydrogen-bond donors (Lipinski definition) is 0. The van der Waals surface area contributed by atoms with Crippen molar-refractivity contribution in [2.75, 3.05) is 27.2 Å². The smallest absolute Gasteiger partial charge is 0.176 e. The molecule has 19 heavy (non-hydrogen) atoms. The molecule has 0 saturated carbocycles. The summed E-state index contributed by atoms with van der Waals surface area (Å²) in [6.07, 6.45) is 0. The Morgan fingerprint density at radius 1 is 1.37 bits per heavy atom. The van der Waals surface area contributed by atoms with Crippen molar-refractivity contribution in [3.8, 4) is 5.75 Å². The Kier molecular flexibility index (Phi) is 5.56. The van der Waals surface area contributed by atoms with Gasteiger partial charge in [-0.3, -0.25) is 9.69 Å². The average molecular weight is 328 g/mol. The number of ketones is 1. The average Bonchev–Trinajstić information content (AvgIpc) is 2.26. The van der Waals surface area contributed by atoms with Crippen molar-refractivity contribution in [1.29, 1.82) is 0 Å². The standard InChI is InChI=1S/C15H22BrNO2/c1-15(2,3)10-17(4)9-13(18)11-6-7-14(19-5)12(16)8-11/h6-8H,9-10H2,1-5H3. The molecular formula is C15H22BrNO2. The lowest BCUT2D eigenvalue weighted by atomic mass is 9.96. The van der Waals surface area contributed by atoms with Crippen molar-refractivity contribution in [1.82, 2.24) is 4.90 Å². The van der Waals surface area contributed by atoms with Crippen LogP contribution in [0.4, 0.5) is 0 Å². The Balaban J connectivity index is 2.71. The minimum Gasteiger partial charge on any atom is -0.496 e. The number of benzene rings is 1.